The smallest absolute Gasteiger partial charge is 0.323 e. The molecule has 0 radical (unpaired) electrons. The second kappa shape index (κ2) is 9.74. The molecule has 0 aliphatic carbocycles. The van der Waals surface area contributed by atoms with Gasteiger partial charge in [-0.15, -0.1) is 22.0 Å². The average molecular weight is 461 g/mol. The average Bonchev–Trinajstić information content (AvgIpc) is 3.08. The standard InChI is InChI=1S/C24H24N6O2S/c1-15-16(2)29-30(17(15)3)22-12-13-23(28-27-22)32-20-10-8-18(9-11-20)25-24(31)26-19-6-5-7-21(14-19)33-4/h5-14H,1-4H3,(H2,25,26,31). The van der Waals surface area contributed by atoms with E-state index in [9.17, 15) is 4.79 Å². The highest BCUT2D eigenvalue weighted by molar-refractivity contribution is 7.98. The van der Waals surface area contributed by atoms with Crippen molar-refractivity contribution in [1.82, 2.24) is 20.0 Å². The molecule has 9 heteroatoms. The Morgan fingerprint density at radius 1 is 0.939 bits per heavy atom. The maximum Gasteiger partial charge on any atom is 0.323 e. The molecule has 0 bridgehead atoms. The van der Waals surface area contributed by atoms with E-state index in [1.54, 1.807) is 46.8 Å². The predicted molar refractivity (Wildman–Crippen MR) is 131 cm³/mol. The molecule has 0 aliphatic rings. The molecule has 2 heterocycles. The van der Waals surface area contributed by atoms with Crippen LogP contribution in [-0.2, 0) is 0 Å². The van der Waals surface area contributed by atoms with Crippen molar-refractivity contribution < 1.29 is 9.53 Å². The van der Waals surface area contributed by atoms with E-state index < -0.39 is 0 Å². The Morgan fingerprint density at radius 2 is 1.70 bits per heavy atom. The van der Waals surface area contributed by atoms with E-state index >= 15 is 0 Å². The molecule has 33 heavy (non-hydrogen) atoms. The fourth-order valence-corrected chi connectivity index (χ4v) is 3.60. The lowest BCUT2D eigenvalue weighted by atomic mass is 10.2. The highest BCUT2D eigenvalue weighted by Crippen LogP contribution is 2.23. The van der Waals surface area contributed by atoms with Crippen molar-refractivity contribution in [3.05, 3.63) is 77.6 Å². The summed E-state index contributed by atoms with van der Waals surface area (Å²) in [4.78, 5) is 13.3. The normalized spacial score (nSPS) is 10.7. The largest absolute Gasteiger partial charge is 0.438 e. The number of rotatable bonds is 6. The third kappa shape index (κ3) is 5.32. The summed E-state index contributed by atoms with van der Waals surface area (Å²) in [6.45, 7) is 6.00. The quantitative estimate of drug-likeness (QED) is 0.356. The van der Waals surface area contributed by atoms with Crippen molar-refractivity contribution in [3.63, 3.8) is 0 Å². The van der Waals surface area contributed by atoms with E-state index in [1.165, 1.54) is 0 Å². The van der Waals surface area contributed by atoms with Crippen LogP contribution in [0.4, 0.5) is 16.2 Å². The Balaban J connectivity index is 1.36. The van der Waals surface area contributed by atoms with E-state index in [0.717, 1.165) is 27.5 Å². The van der Waals surface area contributed by atoms with Crippen LogP contribution in [0.1, 0.15) is 17.0 Å². The number of benzene rings is 2. The lowest BCUT2D eigenvalue weighted by Gasteiger charge is -2.10. The minimum atomic E-state index is -0.317. The molecule has 0 saturated heterocycles. The molecule has 4 aromatic rings. The number of carbonyl (C=O) groups excluding carboxylic acids is 1. The summed E-state index contributed by atoms with van der Waals surface area (Å²) in [6.07, 6.45) is 1.99. The van der Waals surface area contributed by atoms with Crippen LogP contribution in [0, 0.1) is 20.8 Å². The van der Waals surface area contributed by atoms with Crippen LogP contribution < -0.4 is 15.4 Å². The number of nitrogens with zero attached hydrogens (tertiary/aromatic N) is 4. The Bertz CT molecular complexity index is 1270. The van der Waals surface area contributed by atoms with Crippen LogP contribution in [-0.4, -0.2) is 32.3 Å². The third-order valence-electron chi connectivity index (χ3n) is 5.16. The number of ether oxygens (including phenoxy) is 1. The van der Waals surface area contributed by atoms with E-state index in [1.807, 2.05) is 57.4 Å². The van der Waals surface area contributed by atoms with Crippen LogP contribution in [0.3, 0.4) is 0 Å². The Labute approximate surface area is 196 Å². The maximum atomic E-state index is 12.3. The van der Waals surface area contributed by atoms with Crippen LogP contribution in [0.5, 0.6) is 11.6 Å². The molecule has 4 rings (SSSR count). The van der Waals surface area contributed by atoms with Gasteiger partial charge in [0.2, 0.25) is 5.88 Å². The van der Waals surface area contributed by atoms with E-state index in [4.69, 9.17) is 4.74 Å². The molecule has 2 aromatic carbocycles. The summed E-state index contributed by atoms with van der Waals surface area (Å²) in [5.74, 6) is 1.58. The monoisotopic (exact) mass is 460 g/mol. The van der Waals surface area contributed by atoms with Gasteiger partial charge in [0, 0.05) is 28.0 Å². The topological polar surface area (TPSA) is 94.0 Å². The fourth-order valence-electron chi connectivity index (χ4n) is 3.15. The van der Waals surface area contributed by atoms with Gasteiger partial charge in [-0.25, -0.2) is 9.48 Å². The molecule has 0 aliphatic heterocycles. The van der Waals surface area contributed by atoms with Gasteiger partial charge in [0.15, 0.2) is 5.82 Å². The van der Waals surface area contributed by atoms with Crippen LogP contribution in [0.15, 0.2) is 65.6 Å². The van der Waals surface area contributed by atoms with Gasteiger partial charge in [0.1, 0.15) is 5.75 Å². The first-order valence-electron chi connectivity index (χ1n) is 10.3. The van der Waals surface area contributed by atoms with Gasteiger partial charge in [-0.05, 0) is 81.1 Å². The van der Waals surface area contributed by atoms with Gasteiger partial charge >= 0.3 is 6.03 Å². The molecule has 0 spiro atoms. The maximum absolute atomic E-state index is 12.3. The summed E-state index contributed by atoms with van der Waals surface area (Å²) in [7, 11) is 0. The minimum absolute atomic E-state index is 0.317. The Hall–Kier alpha value is -3.85. The zero-order valence-corrected chi connectivity index (χ0v) is 19.6. The number of anilines is 2. The molecular formula is C24H24N6O2S. The number of carbonyl (C=O) groups is 1. The molecular weight excluding hydrogens is 436 g/mol. The second-order valence-corrected chi connectivity index (χ2v) is 8.25. The number of aromatic nitrogens is 4. The van der Waals surface area contributed by atoms with E-state index in [0.29, 0.717) is 23.1 Å². The minimum Gasteiger partial charge on any atom is -0.438 e. The van der Waals surface area contributed by atoms with E-state index in [2.05, 4.69) is 25.9 Å². The molecule has 2 aromatic heterocycles. The molecule has 0 fully saturated rings. The summed E-state index contributed by atoms with van der Waals surface area (Å²) in [6, 6.07) is 17.9. The lowest BCUT2D eigenvalue weighted by molar-refractivity contribution is 0.262. The first kappa shape index (κ1) is 22.3. The Morgan fingerprint density at radius 3 is 2.33 bits per heavy atom. The summed E-state index contributed by atoms with van der Waals surface area (Å²) in [5, 5.41) is 18.5. The van der Waals surface area contributed by atoms with Gasteiger partial charge in [0.25, 0.3) is 0 Å². The summed E-state index contributed by atoms with van der Waals surface area (Å²) < 4.78 is 7.54. The van der Waals surface area contributed by atoms with Crippen molar-refractivity contribution in [1.29, 1.82) is 0 Å². The molecule has 168 valence electrons. The number of thioether (sulfide) groups is 1. The number of nitrogens with one attached hydrogen (secondary N) is 2. The number of aryl methyl sites for hydroxylation is 1. The number of hydrogen-bond donors (Lipinski definition) is 2. The zero-order valence-electron chi connectivity index (χ0n) is 18.8. The van der Waals surface area contributed by atoms with Crippen molar-refractivity contribution in [2.45, 2.75) is 25.7 Å². The molecule has 0 atom stereocenters. The van der Waals surface area contributed by atoms with Crippen LogP contribution in [0.25, 0.3) is 5.82 Å². The lowest BCUT2D eigenvalue weighted by Crippen LogP contribution is -2.19. The third-order valence-corrected chi connectivity index (χ3v) is 5.88. The van der Waals surface area contributed by atoms with Gasteiger partial charge < -0.3 is 15.4 Å². The van der Waals surface area contributed by atoms with Crippen molar-refractivity contribution in [2.24, 2.45) is 0 Å². The van der Waals surface area contributed by atoms with Crippen LogP contribution in [0.2, 0.25) is 0 Å². The van der Waals surface area contributed by atoms with Gasteiger partial charge in [-0.3, -0.25) is 0 Å². The fraction of sp³-hybridized carbons (Fsp3) is 0.167. The molecule has 2 N–H and O–H groups in total. The van der Waals surface area contributed by atoms with Gasteiger partial charge in [-0.2, -0.15) is 5.10 Å². The molecule has 0 unspecified atom stereocenters. The first-order chi connectivity index (χ1) is 15.9. The Kier molecular flexibility index (Phi) is 6.60. The molecule has 2 amide bonds. The van der Waals surface area contributed by atoms with Gasteiger partial charge in [0.05, 0.1) is 5.69 Å². The summed E-state index contributed by atoms with van der Waals surface area (Å²) in [5.41, 5.74) is 4.50. The first-order valence-corrected chi connectivity index (χ1v) is 11.5. The zero-order chi connectivity index (χ0) is 23.4. The van der Waals surface area contributed by atoms with Crippen molar-refractivity contribution in [2.75, 3.05) is 16.9 Å². The highest BCUT2D eigenvalue weighted by Gasteiger charge is 2.11. The molecule has 0 saturated carbocycles. The highest BCUT2D eigenvalue weighted by atomic mass is 32.2. The molecule has 8 nitrogen and oxygen atoms in total. The second-order valence-electron chi connectivity index (χ2n) is 7.37. The number of hydrogen-bond acceptors (Lipinski definition) is 6. The summed E-state index contributed by atoms with van der Waals surface area (Å²) >= 11 is 1.62. The predicted octanol–water partition coefficient (Wildman–Crippen LogP) is 5.75. The SMILES string of the molecule is CSc1cccc(NC(=O)Nc2ccc(Oc3ccc(-n4nc(C)c(C)c4C)nn3)cc2)c1. The van der Waals surface area contributed by atoms with Gasteiger partial charge in [-0.1, -0.05) is 6.07 Å². The van der Waals surface area contributed by atoms with Crippen LogP contribution >= 0.6 is 11.8 Å². The van der Waals surface area contributed by atoms with Crippen molar-refractivity contribution in [3.8, 4) is 17.4 Å². The van der Waals surface area contributed by atoms with Crippen molar-refractivity contribution >= 4 is 29.2 Å². The van der Waals surface area contributed by atoms with E-state index in [-0.39, 0.29) is 6.03 Å². The number of amides is 2. The number of urea groups is 1.